The van der Waals surface area contributed by atoms with Crippen LogP contribution in [-0.2, 0) is 0 Å². The topological polar surface area (TPSA) is 90.0 Å². The molecule has 0 saturated carbocycles. The molecule has 0 spiro atoms. The summed E-state index contributed by atoms with van der Waals surface area (Å²) in [5.74, 6) is 0. The zero-order chi connectivity index (χ0) is 0. The van der Waals surface area contributed by atoms with Gasteiger partial charge >= 0.3 is 191 Å². The van der Waals surface area contributed by atoms with Crippen molar-refractivity contribution in [2.45, 2.75) is 0 Å². The summed E-state index contributed by atoms with van der Waals surface area (Å²) >= 11 is 0. The van der Waals surface area contributed by atoms with Gasteiger partial charge in [-0.25, -0.2) is 0 Å². The Morgan fingerprint density at radius 1 is 0.375 bits per heavy atom. The van der Waals surface area contributed by atoms with Crippen molar-refractivity contribution in [3.63, 3.8) is 0 Å². The van der Waals surface area contributed by atoms with E-state index in [-0.39, 0.29) is 208 Å². The van der Waals surface area contributed by atoms with Crippen molar-refractivity contribution in [2.75, 3.05) is 0 Å². The quantitative estimate of drug-likeness (QED) is 0.362. The predicted octanol–water partition coefficient (Wildman–Crippen LogP) is -15.5. The zero-order valence-corrected chi connectivity index (χ0v) is 18.6. The van der Waals surface area contributed by atoms with Gasteiger partial charge in [0.2, 0.25) is 0 Å². The van der Waals surface area contributed by atoms with E-state index in [1.807, 2.05) is 0 Å². The second-order valence-electron chi connectivity index (χ2n) is 0. The summed E-state index contributed by atoms with van der Waals surface area (Å²) in [7, 11) is 0. The molecular weight excluding hydrogens is 195 g/mol. The van der Waals surface area contributed by atoms with Gasteiger partial charge in [0.1, 0.15) is 0 Å². The van der Waals surface area contributed by atoms with E-state index in [0.717, 1.165) is 0 Å². The molecule has 0 radical (unpaired) electrons. The Balaban J connectivity index is 0. The first-order valence-electron chi connectivity index (χ1n) is 0. The first-order chi connectivity index (χ1) is 0. The minimum Gasteiger partial charge on any atom is -0.870 e. The SMILES string of the molecule is [K+].[K+].[Na+].[Na+].[Na+].[OH-].[OH-].[OH-]. The van der Waals surface area contributed by atoms with E-state index in [4.69, 9.17) is 0 Å². The van der Waals surface area contributed by atoms with Gasteiger partial charge in [0.15, 0.2) is 0 Å². The van der Waals surface area contributed by atoms with Crippen LogP contribution in [-0.4, -0.2) is 16.4 Å². The van der Waals surface area contributed by atoms with Crippen molar-refractivity contribution in [3.8, 4) is 0 Å². The fraction of sp³-hybridized carbons (Fsp3) is 0. The molecule has 0 rings (SSSR count). The Morgan fingerprint density at radius 2 is 0.375 bits per heavy atom. The Labute approximate surface area is 201 Å². The average Bonchev–Trinajstić information content (AvgIpc) is 0. The van der Waals surface area contributed by atoms with Gasteiger partial charge in [-0.1, -0.05) is 0 Å². The molecule has 0 aliphatic carbocycles. The summed E-state index contributed by atoms with van der Waals surface area (Å²) in [4.78, 5) is 0. The van der Waals surface area contributed by atoms with Crippen molar-refractivity contribution in [1.82, 2.24) is 0 Å². The third-order valence-electron chi connectivity index (χ3n) is 0. The largest absolute Gasteiger partial charge is 1.00 e. The molecule has 8 heteroatoms. The fourth-order valence-electron chi connectivity index (χ4n) is 0. The van der Waals surface area contributed by atoms with E-state index in [1.54, 1.807) is 0 Å². The molecule has 0 aliphatic rings. The van der Waals surface area contributed by atoms with Crippen molar-refractivity contribution >= 4 is 0 Å². The summed E-state index contributed by atoms with van der Waals surface area (Å²) in [5.41, 5.74) is 0. The Morgan fingerprint density at radius 3 is 0.375 bits per heavy atom. The minimum absolute atomic E-state index is 0. The van der Waals surface area contributed by atoms with Gasteiger partial charge in [-0.3, -0.25) is 0 Å². The first-order valence-corrected chi connectivity index (χ1v) is 0. The molecule has 0 unspecified atom stereocenters. The van der Waals surface area contributed by atoms with Crippen molar-refractivity contribution in [2.24, 2.45) is 0 Å². The van der Waals surface area contributed by atoms with Crippen LogP contribution in [0, 0.1) is 0 Å². The monoisotopic (exact) mass is 198 g/mol. The van der Waals surface area contributed by atoms with Crippen LogP contribution in [0.4, 0.5) is 0 Å². The van der Waals surface area contributed by atoms with Gasteiger partial charge in [-0.15, -0.1) is 0 Å². The van der Waals surface area contributed by atoms with Crippen LogP contribution in [0.25, 0.3) is 0 Å². The maximum absolute atomic E-state index is 0. The van der Waals surface area contributed by atoms with E-state index < -0.39 is 0 Å². The molecule has 8 heavy (non-hydrogen) atoms. The van der Waals surface area contributed by atoms with Crippen LogP contribution >= 0.6 is 0 Å². The van der Waals surface area contributed by atoms with Gasteiger partial charge in [0.25, 0.3) is 0 Å². The van der Waals surface area contributed by atoms with Crippen LogP contribution in [0.1, 0.15) is 0 Å². The standard InChI is InChI=1S/2K.3Na.3H2O/h;;;;;3*1H2/q5*+1;;;/p-3. The van der Waals surface area contributed by atoms with E-state index in [2.05, 4.69) is 0 Å². The molecule has 0 amide bonds. The summed E-state index contributed by atoms with van der Waals surface area (Å²) in [6.45, 7) is 0. The first kappa shape index (κ1) is 64.7. The Kier molecular flexibility index (Phi) is 415. The van der Waals surface area contributed by atoms with Crippen molar-refractivity contribution in [3.05, 3.63) is 0 Å². The van der Waals surface area contributed by atoms with Gasteiger partial charge in [-0.05, 0) is 0 Å². The van der Waals surface area contributed by atoms with E-state index >= 15 is 0 Å². The van der Waals surface area contributed by atoms with Crippen LogP contribution in [0.15, 0.2) is 0 Å². The predicted molar refractivity (Wildman–Crippen MR) is 5.81 cm³/mol. The second-order valence-corrected chi connectivity index (χ2v) is 0. The molecule has 0 saturated heterocycles. The average molecular weight is 198 g/mol. The van der Waals surface area contributed by atoms with E-state index in [1.165, 1.54) is 0 Å². The molecule has 3 N–H and O–H groups in total. The molecular formula is H3K2Na3O3+2. The van der Waals surface area contributed by atoms with Crippen molar-refractivity contribution in [1.29, 1.82) is 0 Å². The minimum atomic E-state index is 0. The summed E-state index contributed by atoms with van der Waals surface area (Å²) < 4.78 is 0. The van der Waals surface area contributed by atoms with Crippen LogP contribution in [0.2, 0.25) is 0 Å². The molecule has 0 aromatic rings. The molecule has 0 heterocycles. The van der Waals surface area contributed by atoms with E-state index in [0.29, 0.717) is 0 Å². The molecule has 0 bridgehead atoms. The Hall–Kier alpha value is 6.15. The van der Waals surface area contributed by atoms with Gasteiger partial charge in [0.05, 0.1) is 0 Å². The molecule has 24 valence electrons. The van der Waals surface area contributed by atoms with Gasteiger partial charge in [0, 0.05) is 0 Å². The number of rotatable bonds is 0. The maximum atomic E-state index is 0. The number of hydrogen-bond donors (Lipinski definition) is 0. The van der Waals surface area contributed by atoms with E-state index in [9.17, 15) is 0 Å². The summed E-state index contributed by atoms with van der Waals surface area (Å²) in [6, 6.07) is 0. The van der Waals surface area contributed by atoms with Gasteiger partial charge in [-0.2, -0.15) is 0 Å². The zero-order valence-electron chi connectivity index (χ0n) is 6.34. The van der Waals surface area contributed by atoms with Crippen LogP contribution < -0.4 is 191 Å². The van der Waals surface area contributed by atoms with Crippen molar-refractivity contribution < 1.29 is 208 Å². The summed E-state index contributed by atoms with van der Waals surface area (Å²) in [5, 5.41) is 0. The number of hydrogen-bond acceptors (Lipinski definition) is 3. The molecule has 0 aromatic carbocycles. The molecule has 0 aromatic heterocycles. The second kappa shape index (κ2) is 51.3. The maximum Gasteiger partial charge on any atom is 1.00 e. The normalized spacial score (nSPS) is 0. The fourth-order valence-corrected chi connectivity index (χ4v) is 0. The molecule has 0 fully saturated rings. The molecule has 0 aliphatic heterocycles. The van der Waals surface area contributed by atoms with Crippen LogP contribution in [0.3, 0.4) is 0 Å². The smallest absolute Gasteiger partial charge is 0.870 e. The third-order valence-corrected chi connectivity index (χ3v) is 0. The summed E-state index contributed by atoms with van der Waals surface area (Å²) in [6.07, 6.45) is 0. The molecule has 0 atom stereocenters. The Bertz CT molecular complexity index is 12.5. The van der Waals surface area contributed by atoms with Crippen LogP contribution in [0.5, 0.6) is 0 Å². The third kappa shape index (κ3) is 39.9. The molecule has 3 nitrogen and oxygen atoms in total. The van der Waals surface area contributed by atoms with Gasteiger partial charge < -0.3 is 16.4 Å².